The normalized spacial score (nSPS) is 22.8. The van der Waals surface area contributed by atoms with Crippen molar-refractivity contribution in [2.75, 3.05) is 0 Å². The number of carboxylic acids is 1. The molecule has 2 heterocycles. The van der Waals surface area contributed by atoms with Gasteiger partial charge in [-0.2, -0.15) is 0 Å². The summed E-state index contributed by atoms with van der Waals surface area (Å²) in [5.41, 5.74) is 1.28. The predicted molar refractivity (Wildman–Crippen MR) is 78.1 cm³/mol. The van der Waals surface area contributed by atoms with Gasteiger partial charge in [-0.3, -0.25) is 0 Å². The number of hydrogen-bond donors (Lipinski definition) is 1. The number of thiazole rings is 1. The zero-order valence-corrected chi connectivity index (χ0v) is 12.3. The zero-order valence-electron chi connectivity index (χ0n) is 10.6. The van der Waals surface area contributed by atoms with Crippen LogP contribution in [0.3, 0.4) is 0 Å². The highest BCUT2D eigenvalue weighted by atomic mass is 32.1. The molecule has 1 saturated carbocycles. The van der Waals surface area contributed by atoms with Crippen molar-refractivity contribution in [2.45, 2.75) is 32.1 Å². The molecule has 2 unspecified atom stereocenters. The van der Waals surface area contributed by atoms with Gasteiger partial charge in [0.15, 0.2) is 0 Å². The van der Waals surface area contributed by atoms with Gasteiger partial charge in [0.05, 0.1) is 21.1 Å². The molecule has 0 aromatic carbocycles. The van der Waals surface area contributed by atoms with E-state index in [-0.39, 0.29) is 0 Å². The first-order valence-corrected chi connectivity index (χ1v) is 8.17. The summed E-state index contributed by atoms with van der Waals surface area (Å²) in [5, 5.41) is 13.9. The number of aromatic carboxylic acids is 1. The van der Waals surface area contributed by atoms with Crippen molar-refractivity contribution in [3.63, 3.8) is 0 Å². The molecular formula is C14H15NO2S2. The molecule has 0 radical (unpaired) electrons. The van der Waals surface area contributed by atoms with E-state index in [4.69, 9.17) is 10.1 Å². The minimum Gasteiger partial charge on any atom is -0.478 e. The molecule has 0 bridgehead atoms. The van der Waals surface area contributed by atoms with E-state index >= 15 is 0 Å². The van der Waals surface area contributed by atoms with Crippen molar-refractivity contribution in [2.24, 2.45) is 5.92 Å². The molecule has 19 heavy (non-hydrogen) atoms. The molecule has 2 aromatic heterocycles. The maximum absolute atomic E-state index is 10.9. The molecule has 2 aromatic rings. The maximum Gasteiger partial charge on any atom is 0.336 e. The van der Waals surface area contributed by atoms with E-state index < -0.39 is 5.97 Å². The zero-order chi connectivity index (χ0) is 13.4. The van der Waals surface area contributed by atoms with E-state index in [9.17, 15) is 4.79 Å². The summed E-state index contributed by atoms with van der Waals surface area (Å²) < 4.78 is 0. The van der Waals surface area contributed by atoms with Gasteiger partial charge in [-0.15, -0.1) is 22.7 Å². The molecule has 1 fully saturated rings. The molecule has 3 nitrogen and oxygen atoms in total. The third kappa shape index (κ3) is 2.58. The summed E-state index contributed by atoms with van der Waals surface area (Å²) in [7, 11) is 0. The summed E-state index contributed by atoms with van der Waals surface area (Å²) in [6.07, 6.45) is 3.76. The highest BCUT2D eigenvalue weighted by Crippen LogP contribution is 2.40. The minimum atomic E-state index is -0.873. The van der Waals surface area contributed by atoms with E-state index in [1.54, 1.807) is 22.8 Å². The van der Waals surface area contributed by atoms with Crippen molar-refractivity contribution in [1.29, 1.82) is 0 Å². The largest absolute Gasteiger partial charge is 0.478 e. The summed E-state index contributed by atoms with van der Waals surface area (Å²) in [4.78, 5) is 16.5. The average molecular weight is 293 g/mol. The van der Waals surface area contributed by atoms with Gasteiger partial charge >= 0.3 is 5.97 Å². The molecule has 1 aliphatic rings. The average Bonchev–Trinajstić information content (AvgIpc) is 3.07. The molecule has 0 aliphatic heterocycles. The smallest absolute Gasteiger partial charge is 0.336 e. The van der Waals surface area contributed by atoms with Crippen LogP contribution < -0.4 is 0 Å². The first-order valence-electron chi connectivity index (χ1n) is 6.41. The second-order valence-electron chi connectivity index (χ2n) is 5.19. The first-order chi connectivity index (χ1) is 9.13. The lowest BCUT2D eigenvalue weighted by Gasteiger charge is -2.03. The minimum absolute atomic E-state index is 0.351. The van der Waals surface area contributed by atoms with Crippen molar-refractivity contribution >= 4 is 28.6 Å². The van der Waals surface area contributed by atoms with Crippen molar-refractivity contribution in [3.8, 4) is 10.6 Å². The van der Waals surface area contributed by atoms with E-state index in [1.165, 1.54) is 35.6 Å². The van der Waals surface area contributed by atoms with Crippen LogP contribution in [0, 0.1) is 5.92 Å². The SMILES string of the molecule is CC1CCC(c2nc(-c3cc(C(=O)O)cs3)cs2)C1. The van der Waals surface area contributed by atoms with Crippen LogP contribution >= 0.6 is 22.7 Å². The Morgan fingerprint density at radius 1 is 1.37 bits per heavy atom. The maximum atomic E-state index is 10.9. The molecule has 2 atom stereocenters. The van der Waals surface area contributed by atoms with Crippen LogP contribution in [0.15, 0.2) is 16.8 Å². The van der Waals surface area contributed by atoms with Gasteiger partial charge in [0.1, 0.15) is 0 Å². The van der Waals surface area contributed by atoms with Crippen molar-refractivity contribution in [3.05, 3.63) is 27.4 Å². The van der Waals surface area contributed by atoms with E-state index in [0.29, 0.717) is 11.5 Å². The van der Waals surface area contributed by atoms with Gasteiger partial charge in [0.25, 0.3) is 0 Å². The fourth-order valence-electron chi connectivity index (χ4n) is 2.60. The van der Waals surface area contributed by atoms with Crippen molar-refractivity contribution in [1.82, 2.24) is 4.98 Å². The van der Waals surface area contributed by atoms with Crippen LogP contribution in [0.2, 0.25) is 0 Å². The fourth-order valence-corrected chi connectivity index (χ4v) is 4.49. The number of nitrogens with zero attached hydrogens (tertiary/aromatic N) is 1. The molecule has 0 spiro atoms. The van der Waals surface area contributed by atoms with Crippen LogP contribution in [0.25, 0.3) is 10.6 Å². The number of aromatic nitrogens is 1. The lowest BCUT2D eigenvalue weighted by Crippen LogP contribution is -1.93. The van der Waals surface area contributed by atoms with Gasteiger partial charge in [-0.1, -0.05) is 13.3 Å². The summed E-state index contributed by atoms with van der Waals surface area (Å²) >= 11 is 3.16. The first kappa shape index (κ1) is 12.8. The molecular weight excluding hydrogens is 278 g/mol. The molecule has 0 amide bonds. The van der Waals surface area contributed by atoms with E-state index in [2.05, 4.69) is 12.3 Å². The number of carbonyl (C=O) groups is 1. The second kappa shape index (κ2) is 5.06. The summed E-state index contributed by atoms with van der Waals surface area (Å²) in [5.74, 6) is 0.535. The van der Waals surface area contributed by atoms with Crippen LogP contribution in [-0.2, 0) is 0 Å². The Balaban J connectivity index is 1.82. The third-order valence-corrected chi connectivity index (χ3v) is 5.62. The Kier molecular flexibility index (Phi) is 3.41. The Labute approximate surface area is 119 Å². The third-order valence-electron chi connectivity index (χ3n) is 3.66. The highest BCUT2D eigenvalue weighted by Gasteiger charge is 2.25. The van der Waals surface area contributed by atoms with Gasteiger partial charge in [-0.25, -0.2) is 9.78 Å². The summed E-state index contributed by atoms with van der Waals surface area (Å²) in [6, 6.07) is 1.71. The Morgan fingerprint density at radius 2 is 2.21 bits per heavy atom. The molecule has 0 saturated heterocycles. The van der Waals surface area contributed by atoms with Crippen LogP contribution in [0.4, 0.5) is 0 Å². The van der Waals surface area contributed by atoms with E-state index in [1.807, 2.05) is 0 Å². The number of rotatable bonds is 3. The quantitative estimate of drug-likeness (QED) is 0.908. The monoisotopic (exact) mass is 293 g/mol. The second-order valence-corrected chi connectivity index (χ2v) is 6.99. The van der Waals surface area contributed by atoms with Crippen molar-refractivity contribution < 1.29 is 9.90 Å². The molecule has 3 rings (SSSR count). The lowest BCUT2D eigenvalue weighted by molar-refractivity contribution is 0.0697. The van der Waals surface area contributed by atoms with Gasteiger partial charge in [0.2, 0.25) is 0 Å². The van der Waals surface area contributed by atoms with Gasteiger partial charge < -0.3 is 5.11 Å². The Bertz CT molecular complexity index is 602. The van der Waals surface area contributed by atoms with E-state index in [0.717, 1.165) is 16.5 Å². The van der Waals surface area contributed by atoms with Gasteiger partial charge in [-0.05, 0) is 24.8 Å². The predicted octanol–water partition coefficient (Wildman–Crippen LogP) is 4.47. The van der Waals surface area contributed by atoms with Gasteiger partial charge in [0, 0.05) is 16.7 Å². The Morgan fingerprint density at radius 3 is 2.84 bits per heavy atom. The molecule has 100 valence electrons. The number of carboxylic acid groups (broad SMARTS) is 1. The highest BCUT2D eigenvalue weighted by molar-refractivity contribution is 7.14. The standard InChI is InChI=1S/C14H15NO2S2/c1-8-2-3-9(4-8)13-15-11(7-19-13)12-5-10(6-18-12)14(16)17/h5-9H,2-4H2,1H3,(H,16,17). The van der Waals surface area contributed by atoms with Crippen LogP contribution in [-0.4, -0.2) is 16.1 Å². The fraction of sp³-hybridized carbons (Fsp3) is 0.429. The Hall–Kier alpha value is -1.20. The number of thiophene rings is 1. The lowest BCUT2D eigenvalue weighted by atomic mass is 10.1. The van der Waals surface area contributed by atoms with Crippen LogP contribution in [0.1, 0.15) is 47.5 Å². The number of hydrogen-bond acceptors (Lipinski definition) is 4. The molecule has 1 aliphatic carbocycles. The summed E-state index contributed by atoms with van der Waals surface area (Å²) in [6.45, 7) is 2.30. The molecule has 5 heteroatoms. The topological polar surface area (TPSA) is 50.2 Å². The van der Waals surface area contributed by atoms with Crippen LogP contribution in [0.5, 0.6) is 0 Å². The molecule has 1 N–H and O–H groups in total.